The van der Waals surface area contributed by atoms with E-state index in [4.69, 9.17) is 5.11 Å². The van der Waals surface area contributed by atoms with Gasteiger partial charge >= 0.3 is 12.0 Å². The van der Waals surface area contributed by atoms with Gasteiger partial charge in [0.2, 0.25) is 0 Å². The van der Waals surface area contributed by atoms with Crippen LogP contribution in [-0.2, 0) is 4.79 Å². The molecule has 2 rings (SSSR count). The van der Waals surface area contributed by atoms with Crippen LogP contribution in [0.1, 0.15) is 33.1 Å². The highest BCUT2D eigenvalue weighted by molar-refractivity contribution is 5.75. The number of carbonyl (C=O) groups is 2. The lowest BCUT2D eigenvalue weighted by Gasteiger charge is -2.43. The van der Waals surface area contributed by atoms with Crippen molar-refractivity contribution in [2.75, 3.05) is 26.2 Å². The van der Waals surface area contributed by atoms with E-state index in [0.717, 1.165) is 0 Å². The molecule has 0 aromatic carbocycles. The molecule has 2 fully saturated rings. The number of hydrogen-bond donors (Lipinski definition) is 2. The van der Waals surface area contributed by atoms with Crippen LogP contribution < -0.4 is 5.32 Å². The first kappa shape index (κ1) is 17.9. The number of amides is 2. The number of alkyl halides is 2. The van der Waals surface area contributed by atoms with Gasteiger partial charge in [-0.3, -0.25) is 9.69 Å². The Morgan fingerprint density at radius 3 is 2.57 bits per heavy atom. The molecule has 2 aliphatic rings. The number of carbonyl (C=O) groups excluding carboxylic acids is 1. The molecule has 2 N–H and O–H groups in total. The summed E-state index contributed by atoms with van der Waals surface area (Å²) in [6.45, 7) is 4.15. The summed E-state index contributed by atoms with van der Waals surface area (Å²) < 4.78 is 26.9. The molecule has 0 bridgehead atoms. The number of hydrogen-bond acceptors (Lipinski definition) is 3. The maximum atomic E-state index is 13.4. The Morgan fingerprint density at radius 1 is 1.39 bits per heavy atom. The van der Waals surface area contributed by atoms with Crippen LogP contribution >= 0.6 is 0 Å². The van der Waals surface area contributed by atoms with Gasteiger partial charge in [0.1, 0.15) is 0 Å². The Hall–Kier alpha value is -1.44. The zero-order valence-corrected chi connectivity index (χ0v) is 13.6. The minimum Gasteiger partial charge on any atom is -0.480 e. The van der Waals surface area contributed by atoms with Crippen LogP contribution in [-0.4, -0.2) is 71.1 Å². The molecule has 1 saturated heterocycles. The van der Waals surface area contributed by atoms with Gasteiger partial charge in [0.05, 0.1) is 6.54 Å². The third kappa shape index (κ3) is 4.31. The van der Waals surface area contributed by atoms with Gasteiger partial charge in [-0.15, -0.1) is 0 Å². The summed E-state index contributed by atoms with van der Waals surface area (Å²) in [4.78, 5) is 26.2. The number of carboxylic acid groups (broad SMARTS) is 1. The lowest BCUT2D eigenvalue weighted by molar-refractivity contribution is -0.139. The standard InChI is InChI=1S/C15H25F2N3O3/c1-3-19(9-13(21)22)12-6-11(7-12)18-14(23)20-5-4-15(16,17)10(2)8-20/h10-12H,3-9H2,1-2H3,(H,18,23)(H,21,22). The summed E-state index contributed by atoms with van der Waals surface area (Å²) in [5, 5.41) is 11.7. The average Bonchev–Trinajstić information content (AvgIpc) is 2.42. The molecular weight excluding hydrogens is 308 g/mol. The maximum Gasteiger partial charge on any atom is 0.317 e. The monoisotopic (exact) mass is 333 g/mol. The topological polar surface area (TPSA) is 72.9 Å². The Morgan fingerprint density at radius 2 is 2.04 bits per heavy atom. The van der Waals surface area contributed by atoms with Crippen molar-refractivity contribution >= 4 is 12.0 Å². The zero-order valence-electron chi connectivity index (χ0n) is 13.6. The number of likely N-dealkylation sites (N-methyl/N-ethyl adjacent to an activating group) is 1. The van der Waals surface area contributed by atoms with Gasteiger partial charge in [0, 0.05) is 37.5 Å². The SMILES string of the molecule is CCN(CC(=O)O)C1CC(NC(=O)N2CCC(F)(F)C(C)C2)C1. The Bertz CT molecular complexity index is 455. The maximum absolute atomic E-state index is 13.4. The van der Waals surface area contributed by atoms with Crippen LogP contribution in [0.15, 0.2) is 0 Å². The van der Waals surface area contributed by atoms with E-state index >= 15 is 0 Å². The predicted molar refractivity (Wildman–Crippen MR) is 80.5 cm³/mol. The number of nitrogens with zero attached hydrogens (tertiary/aromatic N) is 2. The van der Waals surface area contributed by atoms with Gasteiger partial charge in [0.15, 0.2) is 0 Å². The van der Waals surface area contributed by atoms with Crippen LogP contribution in [0, 0.1) is 5.92 Å². The second-order valence-corrected chi connectivity index (χ2v) is 6.59. The minimum atomic E-state index is -2.70. The van der Waals surface area contributed by atoms with Gasteiger partial charge < -0.3 is 15.3 Å². The van der Waals surface area contributed by atoms with Crippen molar-refractivity contribution in [1.82, 2.24) is 15.1 Å². The minimum absolute atomic E-state index is 0.000551. The van der Waals surface area contributed by atoms with E-state index in [-0.39, 0.29) is 44.2 Å². The first-order chi connectivity index (χ1) is 10.7. The van der Waals surface area contributed by atoms with Crippen molar-refractivity contribution in [1.29, 1.82) is 0 Å². The van der Waals surface area contributed by atoms with Gasteiger partial charge in [-0.25, -0.2) is 13.6 Å². The molecule has 132 valence electrons. The largest absolute Gasteiger partial charge is 0.480 e. The van der Waals surface area contributed by atoms with Gasteiger partial charge in [-0.1, -0.05) is 13.8 Å². The molecule has 1 atom stereocenters. The summed E-state index contributed by atoms with van der Waals surface area (Å²) in [6.07, 6.45) is 1.11. The highest BCUT2D eigenvalue weighted by Crippen LogP contribution is 2.33. The highest BCUT2D eigenvalue weighted by atomic mass is 19.3. The molecule has 1 heterocycles. The first-order valence-electron chi connectivity index (χ1n) is 8.12. The highest BCUT2D eigenvalue weighted by Gasteiger charge is 2.43. The Balaban J connectivity index is 1.75. The van der Waals surface area contributed by atoms with Gasteiger partial charge in [-0.05, 0) is 19.4 Å². The first-order valence-corrected chi connectivity index (χ1v) is 8.12. The average molecular weight is 333 g/mol. The fourth-order valence-electron chi connectivity index (χ4n) is 3.21. The Labute approximate surface area is 134 Å². The third-order valence-electron chi connectivity index (χ3n) is 4.92. The molecule has 8 heteroatoms. The molecule has 1 unspecified atom stereocenters. The molecule has 1 aliphatic carbocycles. The van der Waals surface area contributed by atoms with E-state index in [0.29, 0.717) is 19.4 Å². The van der Waals surface area contributed by atoms with E-state index in [1.165, 1.54) is 11.8 Å². The van der Waals surface area contributed by atoms with Crippen molar-refractivity contribution < 1.29 is 23.5 Å². The Kier molecular flexibility index (Phi) is 5.44. The van der Waals surface area contributed by atoms with E-state index in [1.54, 1.807) is 0 Å². The number of urea groups is 1. The number of likely N-dealkylation sites (tertiary alicyclic amines) is 1. The van der Waals surface area contributed by atoms with Crippen molar-refractivity contribution in [2.45, 2.75) is 51.1 Å². The van der Waals surface area contributed by atoms with E-state index in [9.17, 15) is 18.4 Å². The van der Waals surface area contributed by atoms with Crippen molar-refractivity contribution in [3.63, 3.8) is 0 Å². The molecule has 0 aromatic heterocycles. The molecule has 1 saturated carbocycles. The van der Waals surface area contributed by atoms with Crippen LogP contribution in [0.5, 0.6) is 0 Å². The number of halogens is 2. The molecule has 1 aliphatic heterocycles. The van der Waals surface area contributed by atoms with Gasteiger partial charge in [-0.2, -0.15) is 0 Å². The number of rotatable bonds is 5. The molecule has 0 radical (unpaired) electrons. The van der Waals surface area contributed by atoms with Crippen LogP contribution in [0.3, 0.4) is 0 Å². The van der Waals surface area contributed by atoms with Crippen LogP contribution in [0.25, 0.3) is 0 Å². The lowest BCUT2D eigenvalue weighted by Crippen LogP contribution is -2.58. The number of nitrogens with one attached hydrogen (secondary N) is 1. The molecule has 2 amide bonds. The summed E-state index contributed by atoms with van der Waals surface area (Å²) in [6, 6.07) is -0.142. The summed E-state index contributed by atoms with van der Waals surface area (Å²) >= 11 is 0. The van der Waals surface area contributed by atoms with Crippen LogP contribution in [0.2, 0.25) is 0 Å². The van der Waals surface area contributed by atoms with Crippen molar-refractivity contribution in [3.05, 3.63) is 0 Å². The number of piperidine rings is 1. The summed E-state index contributed by atoms with van der Waals surface area (Å²) in [5.74, 6) is -4.39. The second-order valence-electron chi connectivity index (χ2n) is 6.59. The molecular formula is C15H25F2N3O3. The summed E-state index contributed by atoms with van der Waals surface area (Å²) in [5.41, 5.74) is 0. The smallest absolute Gasteiger partial charge is 0.317 e. The van der Waals surface area contributed by atoms with Gasteiger partial charge in [0.25, 0.3) is 5.92 Å². The molecule has 6 nitrogen and oxygen atoms in total. The van der Waals surface area contributed by atoms with Crippen molar-refractivity contribution in [3.8, 4) is 0 Å². The normalized spacial score (nSPS) is 30.0. The van der Waals surface area contributed by atoms with E-state index < -0.39 is 17.8 Å². The number of carboxylic acids is 1. The fourth-order valence-corrected chi connectivity index (χ4v) is 3.21. The number of aliphatic carboxylic acids is 1. The predicted octanol–water partition coefficient (Wildman–Crippen LogP) is 1.61. The zero-order chi connectivity index (χ0) is 17.2. The van der Waals surface area contributed by atoms with Crippen LogP contribution in [0.4, 0.5) is 13.6 Å². The van der Waals surface area contributed by atoms with Crippen molar-refractivity contribution in [2.24, 2.45) is 5.92 Å². The fraction of sp³-hybridized carbons (Fsp3) is 0.867. The van der Waals surface area contributed by atoms with E-state index in [2.05, 4.69) is 5.32 Å². The lowest BCUT2D eigenvalue weighted by atomic mass is 9.85. The summed E-state index contributed by atoms with van der Waals surface area (Å²) in [7, 11) is 0. The molecule has 0 spiro atoms. The third-order valence-corrected chi connectivity index (χ3v) is 4.92. The molecule has 23 heavy (non-hydrogen) atoms. The van der Waals surface area contributed by atoms with E-state index in [1.807, 2.05) is 11.8 Å². The molecule has 0 aromatic rings. The second kappa shape index (κ2) is 6.98. The quantitative estimate of drug-likeness (QED) is 0.802.